The van der Waals surface area contributed by atoms with Gasteiger partial charge in [0.2, 0.25) is 0 Å². The van der Waals surface area contributed by atoms with Crippen LogP contribution in [0.1, 0.15) is 16.1 Å². The normalized spacial score (nSPS) is 15.6. The zero-order valence-electron chi connectivity index (χ0n) is 9.18. The quantitative estimate of drug-likeness (QED) is 0.787. The molecule has 0 aliphatic carbocycles. The van der Waals surface area contributed by atoms with Crippen molar-refractivity contribution in [1.29, 1.82) is 0 Å². The molecule has 0 radical (unpaired) electrons. The minimum absolute atomic E-state index is 0.0535. The zero-order valence-corrected chi connectivity index (χ0v) is 10.00. The van der Waals surface area contributed by atoms with Crippen LogP contribution in [0.3, 0.4) is 0 Å². The summed E-state index contributed by atoms with van der Waals surface area (Å²) in [4.78, 5) is 18.0. The van der Waals surface area contributed by atoms with Gasteiger partial charge in [0.15, 0.2) is 0 Å². The molecule has 0 saturated carbocycles. The summed E-state index contributed by atoms with van der Waals surface area (Å²) in [6, 6.07) is 7.55. The van der Waals surface area contributed by atoms with Gasteiger partial charge < -0.3 is 5.73 Å². The van der Waals surface area contributed by atoms with Crippen LogP contribution in [0, 0.1) is 0 Å². The number of thiophene rings is 1. The monoisotopic (exact) mass is 248 g/mol. The molecule has 2 heterocycles. The summed E-state index contributed by atoms with van der Waals surface area (Å²) < 4.78 is 1.07. The van der Waals surface area contributed by atoms with Crippen molar-refractivity contribution in [2.24, 2.45) is 0 Å². The predicted molar refractivity (Wildman–Crippen MR) is 67.8 cm³/mol. The number of carbonyl (C=O) groups is 1. The third-order valence-electron chi connectivity index (χ3n) is 2.73. The fourth-order valence-corrected chi connectivity index (χ4v) is 2.88. The molecule has 1 fully saturated rings. The Balaban J connectivity index is 1.97. The summed E-state index contributed by atoms with van der Waals surface area (Å²) in [5.41, 5.74) is 6.43. The van der Waals surface area contributed by atoms with Crippen molar-refractivity contribution in [2.45, 2.75) is 6.42 Å². The van der Waals surface area contributed by atoms with Crippen LogP contribution < -0.4 is 5.73 Å². The van der Waals surface area contributed by atoms with Crippen LogP contribution in [0.15, 0.2) is 24.3 Å². The van der Waals surface area contributed by atoms with Gasteiger partial charge in [0.25, 0.3) is 5.91 Å². The van der Waals surface area contributed by atoms with E-state index in [4.69, 9.17) is 10.6 Å². The Morgan fingerprint density at radius 2 is 2.29 bits per heavy atom. The molecule has 0 bridgehead atoms. The van der Waals surface area contributed by atoms with Gasteiger partial charge in [-0.15, -0.1) is 11.3 Å². The van der Waals surface area contributed by atoms with Crippen LogP contribution in [0.5, 0.6) is 0 Å². The second-order valence-corrected chi connectivity index (χ2v) is 5.09. The lowest BCUT2D eigenvalue weighted by Crippen LogP contribution is -2.25. The minimum atomic E-state index is -0.0535. The number of hydrogen-bond acceptors (Lipinski definition) is 4. The number of nitrogens with zero attached hydrogens (tertiary/aromatic N) is 1. The maximum absolute atomic E-state index is 12.1. The number of nitrogens with two attached hydrogens (primary N) is 1. The van der Waals surface area contributed by atoms with E-state index in [2.05, 4.69) is 0 Å². The van der Waals surface area contributed by atoms with E-state index in [1.54, 1.807) is 0 Å². The van der Waals surface area contributed by atoms with Crippen molar-refractivity contribution in [3.63, 3.8) is 0 Å². The summed E-state index contributed by atoms with van der Waals surface area (Å²) in [6.45, 7) is 1.30. The maximum Gasteiger partial charge on any atom is 0.287 e. The van der Waals surface area contributed by atoms with Gasteiger partial charge in [0.1, 0.15) is 0 Å². The summed E-state index contributed by atoms with van der Waals surface area (Å²) in [5.74, 6) is -0.0535. The van der Waals surface area contributed by atoms with E-state index in [1.165, 1.54) is 16.4 Å². The van der Waals surface area contributed by atoms with E-state index < -0.39 is 0 Å². The minimum Gasteiger partial charge on any atom is -0.399 e. The Labute approximate surface area is 103 Å². The van der Waals surface area contributed by atoms with Gasteiger partial charge in [-0.1, -0.05) is 0 Å². The maximum atomic E-state index is 12.1. The Bertz CT molecular complexity index is 573. The molecule has 0 spiro atoms. The van der Waals surface area contributed by atoms with Crippen molar-refractivity contribution in [1.82, 2.24) is 5.06 Å². The van der Waals surface area contributed by atoms with E-state index in [1.807, 2.05) is 24.3 Å². The van der Waals surface area contributed by atoms with Crippen LogP contribution >= 0.6 is 11.3 Å². The van der Waals surface area contributed by atoms with Gasteiger partial charge >= 0.3 is 0 Å². The van der Waals surface area contributed by atoms with E-state index in [0.29, 0.717) is 23.7 Å². The van der Waals surface area contributed by atoms with E-state index in [0.717, 1.165) is 16.5 Å². The number of nitrogen functional groups attached to an aromatic ring is 1. The Morgan fingerprint density at radius 3 is 3.06 bits per heavy atom. The first-order chi connectivity index (χ1) is 8.24. The van der Waals surface area contributed by atoms with Gasteiger partial charge in [-0.05, 0) is 36.1 Å². The van der Waals surface area contributed by atoms with Crippen LogP contribution in [-0.2, 0) is 4.84 Å². The Kier molecular flexibility index (Phi) is 2.49. The number of hydroxylamine groups is 2. The fourth-order valence-electron chi connectivity index (χ4n) is 1.90. The molecule has 1 aromatic heterocycles. The van der Waals surface area contributed by atoms with Gasteiger partial charge in [-0.25, -0.2) is 5.06 Å². The number of hydrogen-bond donors (Lipinski definition) is 1. The molecule has 2 N–H and O–H groups in total. The number of rotatable bonds is 1. The first-order valence-electron chi connectivity index (χ1n) is 5.48. The number of amides is 1. The molecule has 0 unspecified atom stereocenters. The molecule has 88 valence electrons. The molecular formula is C12H12N2O2S. The van der Waals surface area contributed by atoms with E-state index >= 15 is 0 Å². The summed E-state index contributed by atoms with van der Waals surface area (Å²) in [6.07, 6.45) is 0.906. The lowest BCUT2D eigenvalue weighted by Gasteiger charge is -2.11. The highest BCUT2D eigenvalue weighted by Gasteiger charge is 2.22. The van der Waals surface area contributed by atoms with E-state index in [9.17, 15) is 4.79 Å². The van der Waals surface area contributed by atoms with Gasteiger partial charge in [-0.2, -0.15) is 0 Å². The standard InChI is InChI=1S/C12H12N2O2S/c13-9-2-3-10-8(6-9)7-11(17-10)12(15)14-4-1-5-16-14/h2-3,6-7H,1,4-5,13H2. The Hall–Kier alpha value is -1.59. The molecule has 0 atom stereocenters. The van der Waals surface area contributed by atoms with Gasteiger partial charge in [0.05, 0.1) is 18.0 Å². The van der Waals surface area contributed by atoms with Gasteiger partial charge in [-0.3, -0.25) is 9.63 Å². The number of benzene rings is 1. The molecule has 2 aromatic rings. The largest absolute Gasteiger partial charge is 0.399 e. The second kappa shape index (κ2) is 4.01. The smallest absolute Gasteiger partial charge is 0.287 e. The second-order valence-electron chi connectivity index (χ2n) is 4.00. The third-order valence-corrected chi connectivity index (χ3v) is 3.83. The number of anilines is 1. The van der Waals surface area contributed by atoms with Gasteiger partial charge in [0, 0.05) is 10.4 Å². The van der Waals surface area contributed by atoms with Crippen molar-refractivity contribution in [3.8, 4) is 0 Å². The Morgan fingerprint density at radius 1 is 1.41 bits per heavy atom. The molecule has 1 aromatic carbocycles. The first kappa shape index (κ1) is 10.6. The van der Waals surface area contributed by atoms with Crippen LogP contribution in [0.25, 0.3) is 10.1 Å². The van der Waals surface area contributed by atoms with Crippen molar-refractivity contribution in [2.75, 3.05) is 18.9 Å². The average Bonchev–Trinajstić information content (AvgIpc) is 2.96. The molecule has 1 amide bonds. The SMILES string of the molecule is Nc1ccc2sc(C(=O)N3CCCO3)cc2c1. The predicted octanol–water partition coefficient (Wildman–Crippen LogP) is 2.26. The molecule has 5 heteroatoms. The highest BCUT2D eigenvalue weighted by molar-refractivity contribution is 7.20. The number of fused-ring (bicyclic) bond motifs is 1. The van der Waals surface area contributed by atoms with E-state index in [-0.39, 0.29) is 5.91 Å². The lowest BCUT2D eigenvalue weighted by molar-refractivity contribution is -0.0765. The lowest BCUT2D eigenvalue weighted by atomic mass is 10.2. The summed E-state index contributed by atoms with van der Waals surface area (Å²) in [5, 5.41) is 2.45. The average molecular weight is 248 g/mol. The van der Waals surface area contributed by atoms with Crippen LogP contribution in [-0.4, -0.2) is 24.1 Å². The summed E-state index contributed by atoms with van der Waals surface area (Å²) in [7, 11) is 0. The first-order valence-corrected chi connectivity index (χ1v) is 6.29. The molecule has 3 rings (SSSR count). The highest BCUT2D eigenvalue weighted by Crippen LogP contribution is 2.28. The highest BCUT2D eigenvalue weighted by atomic mass is 32.1. The topological polar surface area (TPSA) is 55.6 Å². The molecule has 17 heavy (non-hydrogen) atoms. The van der Waals surface area contributed by atoms with Crippen molar-refractivity contribution >= 4 is 33.0 Å². The fraction of sp³-hybridized carbons (Fsp3) is 0.250. The van der Waals surface area contributed by atoms with Crippen molar-refractivity contribution in [3.05, 3.63) is 29.1 Å². The molecule has 1 aliphatic rings. The summed E-state index contributed by atoms with van der Waals surface area (Å²) >= 11 is 1.47. The molecule has 1 aliphatic heterocycles. The zero-order chi connectivity index (χ0) is 11.8. The van der Waals surface area contributed by atoms with Crippen LogP contribution in [0.4, 0.5) is 5.69 Å². The third kappa shape index (κ3) is 1.87. The molecule has 1 saturated heterocycles. The van der Waals surface area contributed by atoms with Crippen LogP contribution in [0.2, 0.25) is 0 Å². The van der Waals surface area contributed by atoms with Crippen molar-refractivity contribution < 1.29 is 9.63 Å². The number of carbonyl (C=O) groups excluding carboxylic acids is 1. The molecule has 4 nitrogen and oxygen atoms in total. The molecular weight excluding hydrogens is 236 g/mol.